The zero-order valence-corrected chi connectivity index (χ0v) is 22.4. The van der Waals surface area contributed by atoms with Crippen molar-refractivity contribution in [1.29, 1.82) is 0 Å². The second-order valence-electron chi connectivity index (χ2n) is 8.56. The van der Waals surface area contributed by atoms with Crippen molar-refractivity contribution in [2.75, 3.05) is 0 Å². The topological polar surface area (TPSA) is 0 Å². The number of rotatable bonds is 4. The normalized spacial score (nSPS) is 21.2. The van der Waals surface area contributed by atoms with E-state index in [1.165, 1.54) is 48.0 Å². The summed E-state index contributed by atoms with van der Waals surface area (Å²) in [6, 6.07) is 4.68. The fraction of sp³-hybridized carbons (Fsp3) is 0.652. The van der Waals surface area contributed by atoms with Crippen LogP contribution < -0.4 is 24.8 Å². The first-order valence-corrected chi connectivity index (χ1v) is 12.4. The van der Waals surface area contributed by atoms with Crippen molar-refractivity contribution >= 4 is 8.07 Å². The summed E-state index contributed by atoms with van der Waals surface area (Å²) in [6.45, 7) is 15.4. The molecule has 0 atom stereocenters. The third-order valence-corrected chi connectivity index (χ3v) is 12.0. The van der Waals surface area contributed by atoms with E-state index in [1.807, 2.05) is 0 Å². The molecule has 0 nitrogen and oxygen atoms in total. The summed E-state index contributed by atoms with van der Waals surface area (Å²) in [5.74, 6) is 0. The Kier molecular flexibility index (Phi) is 13.4. The minimum atomic E-state index is -0.919. The molecule has 0 aromatic heterocycles. The number of unbranched alkanes of at least 4 members (excludes halogenated alkanes) is 1. The quantitative estimate of drug-likeness (QED) is 0.440. The SMILES string of the molecule is CC1=[C-]C(C)(C)C(C)=C1C.CCCC[Si]1(C2=[C-]C(C)=CC2)CCC1.[Cl-].[Cl-].[Ti+4]. The van der Waals surface area contributed by atoms with Crippen LogP contribution in [0.4, 0.5) is 0 Å². The molecule has 1 aliphatic heterocycles. The molecule has 0 N–H and O–H groups in total. The number of hydrogen-bond donors (Lipinski definition) is 0. The minimum Gasteiger partial charge on any atom is -1.00 e. The van der Waals surface area contributed by atoms with E-state index in [0.717, 1.165) is 0 Å². The average Bonchev–Trinajstić information content (AvgIpc) is 2.98. The van der Waals surface area contributed by atoms with Crippen LogP contribution in [0.5, 0.6) is 0 Å². The van der Waals surface area contributed by atoms with Gasteiger partial charge in [0.05, 0.1) is 8.07 Å². The minimum absolute atomic E-state index is 0. The van der Waals surface area contributed by atoms with E-state index in [1.54, 1.807) is 23.3 Å². The van der Waals surface area contributed by atoms with Crippen molar-refractivity contribution in [3.05, 3.63) is 45.7 Å². The van der Waals surface area contributed by atoms with Crippen LogP contribution in [0.2, 0.25) is 18.1 Å². The fourth-order valence-corrected chi connectivity index (χ4v) is 8.81. The molecule has 2 aliphatic carbocycles. The van der Waals surface area contributed by atoms with Gasteiger partial charge in [-0.25, -0.2) is 17.2 Å². The van der Waals surface area contributed by atoms with E-state index in [-0.39, 0.29) is 51.9 Å². The van der Waals surface area contributed by atoms with Gasteiger partial charge in [-0.05, 0) is 0 Å². The molecular weight excluding hydrogens is 423 g/mol. The Balaban J connectivity index is 0. The van der Waals surface area contributed by atoms with Crippen LogP contribution in [0.1, 0.15) is 74.1 Å². The van der Waals surface area contributed by atoms with Gasteiger partial charge < -0.3 is 24.8 Å². The van der Waals surface area contributed by atoms with Gasteiger partial charge in [-0.2, -0.15) is 16.3 Å². The summed E-state index contributed by atoms with van der Waals surface area (Å²) in [6.07, 6.45) is 15.0. The van der Waals surface area contributed by atoms with Gasteiger partial charge in [0.2, 0.25) is 0 Å². The molecule has 0 spiro atoms. The van der Waals surface area contributed by atoms with Crippen LogP contribution in [-0.4, -0.2) is 8.07 Å². The van der Waals surface area contributed by atoms with Gasteiger partial charge in [-0.3, -0.25) is 12.2 Å². The molecule has 0 radical (unpaired) electrons. The molecule has 3 rings (SSSR count). The maximum atomic E-state index is 3.64. The second kappa shape index (κ2) is 12.2. The van der Waals surface area contributed by atoms with E-state index in [0.29, 0.717) is 0 Å². The molecule has 27 heavy (non-hydrogen) atoms. The van der Waals surface area contributed by atoms with Crippen molar-refractivity contribution in [1.82, 2.24) is 0 Å². The van der Waals surface area contributed by atoms with Gasteiger partial charge in [0.15, 0.2) is 0 Å². The molecule has 3 aliphatic rings. The fourth-order valence-electron chi connectivity index (χ4n) is 4.17. The molecule has 4 heteroatoms. The Hall–Kier alpha value is 0.471. The first kappa shape index (κ1) is 29.7. The van der Waals surface area contributed by atoms with Crippen LogP contribution in [-0.2, 0) is 21.7 Å². The molecule has 1 saturated heterocycles. The maximum absolute atomic E-state index is 3.64. The largest absolute Gasteiger partial charge is 4.00 e. The first-order chi connectivity index (χ1) is 11.2. The van der Waals surface area contributed by atoms with Gasteiger partial charge >= 0.3 is 21.7 Å². The smallest absolute Gasteiger partial charge is 1.00 e. The summed E-state index contributed by atoms with van der Waals surface area (Å²) >= 11 is 0. The van der Waals surface area contributed by atoms with Crippen molar-refractivity contribution in [2.45, 2.75) is 92.3 Å². The molecule has 1 heterocycles. The molecule has 0 aromatic carbocycles. The van der Waals surface area contributed by atoms with Crippen molar-refractivity contribution < 1.29 is 46.5 Å². The Morgan fingerprint density at radius 1 is 1.07 bits per heavy atom. The van der Waals surface area contributed by atoms with Crippen molar-refractivity contribution in [3.63, 3.8) is 0 Å². The van der Waals surface area contributed by atoms with Crippen LogP contribution in [0.15, 0.2) is 33.6 Å². The zero-order chi connectivity index (χ0) is 18.0. The maximum Gasteiger partial charge on any atom is 4.00 e. The molecule has 0 bridgehead atoms. The molecule has 1 fully saturated rings. The molecule has 0 unspecified atom stereocenters. The monoisotopic (exact) mass is 458 g/mol. The summed E-state index contributed by atoms with van der Waals surface area (Å²) < 4.78 is 0. The van der Waals surface area contributed by atoms with Crippen LogP contribution in [0.3, 0.4) is 0 Å². The van der Waals surface area contributed by atoms with E-state index in [4.69, 9.17) is 0 Å². The molecule has 150 valence electrons. The summed E-state index contributed by atoms with van der Waals surface area (Å²) in [7, 11) is -0.919. The molecule has 0 saturated carbocycles. The molecular formula is C23H36Cl2SiTi. The van der Waals surface area contributed by atoms with E-state index >= 15 is 0 Å². The predicted molar refractivity (Wildman–Crippen MR) is 109 cm³/mol. The van der Waals surface area contributed by atoms with Gasteiger partial charge in [-0.15, -0.1) is 13.3 Å². The third kappa shape index (κ3) is 7.03. The summed E-state index contributed by atoms with van der Waals surface area (Å²) in [5.41, 5.74) is 5.79. The van der Waals surface area contributed by atoms with Gasteiger partial charge in [0.1, 0.15) is 0 Å². The van der Waals surface area contributed by atoms with E-state index < -0.39 is 8.07 Å². The summed E-state index contributed by atoms with van der Waals surface area (Å²) in [5, 5.41) is 1.76. The van der Waals surface area contributed by atoms with Crippen LogP contribution >= 0.6 is 0 Å². The standard InChI is InChI=1S/C13H21Si.C10H15.2ClH.Ti/c1-3-4-8-14(9-5-10-14)13-7-6-12(2)11-13;1-7-6-10(4,5)9(3)8(7)2;;;/h6H,3-5,7-10H2,1-2H3;1-5H3;2*1H;/q2*-1;;;+4/p-2. The van der Waals surface area contributed by atoms with Crippen molar-refractivity contribution in [2.24, 2.45) is 5.41 Å². The predicted octanol–water partition coefficient (Wildman–Crippen LogP) is 1.38. The van der Waals surface area contributed by atoms with Crippen LogP contribution in [0, 0.1) is 17.6 Å². The van der Waals surface area contributed by atoms with Gasteiger partial charge in [0, 0.05) is 0 Å². The molecule has 0 amide bonds. The van der Waals surface area contributed by atoms with E-state index in [2.05, 4.69) is 66.7 Å². The number of halogens is 2. The van der Waals surface area contributed by atoms with Gasteiger partial charge in [-0.1, -0.05) is 84.4 Å². The zero-order valence-electron chi connectivity index (χ0n) is 18.3. The Morgan fingerprint density at radius 3 is 1.93 bits per heavy atom. The second-order valence-corrected chi connectivity index (χ2v) is 13.2. The molecule has 0 aromatic rings. The van der Waals surface area contributed by atoms with Crippen molar-refractivity contribution in [3.8, 4) is 0 Å². The van der Waals surface area contributed by atoms with Crippen LogP contribution in [0.25, 0.3) is 0 Å². The van der Waals surface area contributed by atoms with E-state index in [9.17, 15) is 0 Å². The Morgan fingerprint density at radius 2 is 1.67 bits per heavy atom. The number of allylic oxidation sites excluding steroid dienone is 8. The Bertz CT molecular complexity index is 608. The number of hydrogen-bond acceptors (Lipinski definition) is 0. The Labute approximate surface area is 197 Å². The third-order valence-electron chi connectivity index (χ3n) is 6.48. The average molecular weight is 459 g/mol. The van der Waals surface area contributed by atoms with Gasteiger partial charge in [0.25, 0.3) is 0 Å². The summed E-state index contributed by atoms with van der Waals surface area (Å²) in [4.78, 5) is 0. The first-order valence-electron chi connectivity index (χ1n) is 9.82.